The summed E-state index contributed by atoms with van der Waals surface area (Å²) >= 11 is 4.87. The summed E-state index contributed by atoms with van der Waals surface area (Å²) < 4.78 is 43.0. The van der Waals surface area contributed by atoms with Gasteiger partial charge in [-0.3, -0.25) is 0 Å². The molecule has 0 saturated heterocycles. The molecule has 1 N–H and O–H groups in total. The zero-order chi connectivity index (χ0) is 19.2. The zero-order valence-corrected chi connectivity index (χ0v) is 15.1. The van der Waals surface area contributed by atoms with E-state index in [4.69, 9.17) is 26.1 Å². The molecule has 0 aliphatic carbocycles. The lowest BCUT2D eigenvalue weighted by Gasteiger charge is -2.06. The third-order valence-corrected chi connectivity index (χ3v) is 3.63. The molecule has 0 aliphatic rings. The Hall–Kier alpha value is -3.01. The van der Waals surface area contributed by atoms with E-state index >= 15 is 0 Å². The molecule has 1 aromatic carbocycles. The molecule has 0 aliphatic heterocycles. The van der Waals surface area contributed by atoms with Gasteiger partial charge in [0.2, 0.25) is 10.6 Å². The number of nitrogens with zero attached hydrogens (tertiary/aromatic N) is 3. The number of hydrogen-bond acceptors (Lipinski definition) is 6. The van der Waals surface area contributed by atoms with Gasteiger partial charge in [0, 0.05) is 0 Å². The summed E-state index contributed by atoms with van der Waals surface area (Å²) in [6.07, 6.45) is -1.53. The van der Waals surface area contributed by atoms with Crippen LogP contribution in [0.1, 0.15) is 30.7 Å². The highest BCUT2D eigenvalue weighted by atomic mass is 32.1. The molecule has 7 nitrogen and oxygen atoms in total. The molecule has 0 saturated carbocycles. The van der Waals surface area contributed by atoms with Crippen molar-refractivity contribution in [3.05, 3.63) is 58.5 Å². The van der Waals surface area contributed by atoms with E-state index in [9.17, 15) is 8.78 Å². The molecule has 2 aromatic heterocycles. The van der Waals surface area contributed by atoms with Gasteiger partial charge in [0.1, 0.15) is 29.6 Å². The van der Waals surface area contributed by atoms with Crippen molar-refractivity contribution in [3.63, 3.8) is 0 Å². The first-order chi connectivity index (χ1) is 13.1. The zero-order valence-electron chi connectivity index (χ0n) is 14.3. The SMILES string of the molecule is CCOc1ccc(OCc2ccc(/C=N/n3c(C(F)F)n[nH]c3=S)o2)cc1. The largest absolute Gasteiger partial charge is 0.494 e. The Morgan fingerprint density at radius 1 is 1.22 bits per heavy atom. The van der Waals surface area contributed by atoms with Gasteiger partial charge in [-0.05, 0) is 55.5 Å². The van der Waals surface area contributed by atoms with Crippen LogP contribution in [0.25, 0.3) is 0 Å². The highest BCUT2D eigenvalue weighted by Gasteiger charge is 2.16. The molecule has 0 radical (unpaired) electrons. The Bertz CT molecular complexity index is 963. The summed E-state index contributed by atoms with van der Waals surface area (Å²) in [6.45, 7) is 2.71. The fourth-order valence-corrected chi connectivity index (χ4v) is 2.35. The van der Waals surface area contributed by atoms with Gasteiger partial charge >= 0.3 is 0 Å². The number of aromatic nitrogens is 3. The van der Waals surface area contributed by atoms with Crippen LogP contribution in [0, 0.1) is 4.77 Å². The average molecular weight is 394 g/mol. The number of hydrogen-bond donors (Lipinski definition) is 1. The number of furan rings is 1. The maximum Gasteiger partial charge on any atom is 0.299 e. The summed E-state index contributed by atoms with van der Waals surface area (Å²) in [6, 6.07) is 10.6. The maximum atomic E-state index is 12.8. The molecule has 3 aromatic rings. The topological polar surface area (TPSA) is 77.6 Å². The van der Waals surface area contributed by atoms with Crippen LogP contribution in [0.4, 0.5) is 8.78 Å². The van der Waals surface area contributed by atoms with E-state index in [-0.39, 0.29) is 11.4 Å². The predicted octanol–water partition coefficient (Wildman–Crippen LogP) is 4.33. The molecular formula is C17H16F2N4O3S. The number of aromatic amines is 1. The Morgan fingerprint density at radius 3 is 2.59 bits per heavy atom. The van der Waals surface area contributed by atoms with E-state index < -0.39 is 12.2 Å². The first-order valence-corrected chi connectivity index (χ1v) is 8.42. The van der Waals surface area contributed by atoms with Crippen LogP contribution in [0.2, 0.25) is 0 Å². The van der Waals surface area contributed by atoms with Crippen molar-refractivity contribution in [2.45, 2.75) is 20.0 Å². The molecule has 142 valence electrons. The van der Waals surface area contributed by atoms with Crippen molar-refractivity contribution >= 4 is 18.4 Å². The lowest BCUT2D eigenvalue weighted by Crippen LogP contribution is -1.99. The second-order valence-electron chi connectivity index (χ2n) is 5.24. The van der Waals surface area contributed by atoms with E-state index in [1.54, 1.807) is 24.3 Å². The minimum absolute atomic E-state index is 0.0350. The van der Waals surface area contributed by atoms with Crippen molar-refractivity contribution in [1.29, 1.82) is 0 Å². The lowest BCUT2D eigenvalue weighted by molar-refractivity contribution is 0.136. The third-order valence-electron chi connectivity index (χ3n) is 3.37. The summed E-state index contributed by atoms with van der Waals surface area (Å²) in [5, 5.41) is 9.59. The van der Waals surface area contributed by atoms with Crippen LogP contribution in [0.5, 0.6) is 11.5 Å². The summed E-state index contributed by atoms with van der Waals surface area (Å²) in [4.78, 5) is 0. The molecule has 27 heavy (non-hydrogen) atoms. The fraction of sp³-hybridized carbons (Fsp3) is 0.235. The van der Waals surface area contributed by atoms with E-state index in [0.29, 0.717) is 23.9 Å². The average Bonchev–Trinajstić information content (AvgIpc) is 3.26. The molecule has 3 rings (SSSR count). The summed E-state index contributed by atoms with van der Waals surface area (Å²) in [5.41, 5.74) is 0. The smallest absolute Gasteiger partial charge is 0.299 e. The van der Waals surface area contributed by atoms with Gasteiger partial charge in [-0.2, -0.15) is 14.9 Å². The minimum atomic E-state index is -2.80. The van der Waals surface area contributed by atoms with Gasteiger partial charge in [-0.25, -0.2) is 13.9 Å². The summed E-state index contributed by atoms with van der Waals surface area (Å²) in [7, 11) is 0. The Balaban J connectivity index is 1.62. The van der Waals surface area contributed by atoms with E-state index in [1.807, 2.05) is 19.1 Å². The number of alkyl halides is 2. The highest BCUT2D eigenvalue weighted by Crippen LogP contribution is 2.19. The standard InChI is InChI=1S/C17H16F2N4O3S/c1-2-24-11-3-5-12(6-4-11)25-10-14-8-7-13(26-14)9-20-23-16(15(18)19)21-22-17(23)27/h3-9,15H,2,10H2,1H3,(H,22,27)/b20-9+. The number of benzene rings is 1. The first-order valence-electron chi connectivity index (χ1n) is 8.01. The predicted molar refractivity (Wildman–Crippen MR) is 96.0 cm³/mol. The van der Waals surface area contributed by atoms with Crippen molar-refractivity contribution < 1.29 is 22.7 Å². The Labute approximate surface area is 158 Å². The Kier molecular flexibility index (Phi) is 5.97. The van der Waals surface area contributed by atoms with Crippen molar-refractivity contribution in [2.75, 3.05) is 6.61 Å². The monoisotopic (exact) mass is 394 g/mol. The van der Waals surface area contributed by atoms with Crippen molar-refractivity contribution in [3.8, 4) is 11.5 Å². The molecule has 2 heterocycles. The van der Waals surface area contributed by atoms with E-state index in [0.717, 1.165) is 10.4 Å². The molecule has 0 unspecified atom stereocenters. The number of nitrogens with one attached hydrogen (secondary N) is 1. The van der Waals surface area contributed by atoms with Gasteiger partial charge in [0.15, 0.2) is 0 Å². The molecule has 10 heteroatoms. The van der Waals surface area contributed by atoms with Crippen LogP contribution < -0.4 is 9.47 Å². The van der Waals surface area contributed by atoms with Crippen LogP contribution >= 0.6 is 12.2 Å². The second-order valence-corrected chi connectivity index (χ2v) is 5.63. The third kappa shape index (κ3) is 4.79. The minimum Gasteiger partial charge on any atom is -0.494 e. The molecule has 0 fully saturated rings. The molecular weight excluding hydrogens is 378 g/mol. The normalized spacial score (nSPS) is 11.4. The van der Waals surface area contributed by atoms with Gasteiger partial charge in [-0.15, -0.1) is 0 Å². The molecule has 0 amide bonds. The Morgan fingerprint density at radius 2 is 1.93 bits per heavy atom. The number of H-pyrrole nitrogens is 1. The van der Waals surface area contributed by atoms with E-state index in [2.05, 4.69) is 15.3 Å². The van der Waals surface area contributed by atoms with Crippen molar-refractivity contribution in [2.24, 2.45) is 5.10 Å². The second kappa shape index (κ2) is 8.58. The van der Waals surface area contributed by atoms with Gasteiger partial charge < -0.3 is 13.9 Å². The van der Waals surface area contributed by atoms with E-state index in [1.165, 1.54) is 6.21 Å². The molecule has 0 atom stereocenters. The quantitative estimate of drug-likeness (QED) is 0.454. The van der Waals surface area contributed by atoms with Gasteiger partial charge in [0.05, 0.1) is 12.8 Å². The van der Waals surface area contributed by atoms with Crippen LogP contribution in [-0.2, 0) is 6.61 Å². The van der Waals surface area contributed by atoms with Gasteiger partial charge in [-0.1, -0.05) is 0 Å². The highest BCUT2D eigenvalue weighted by molar-refractivity contribution is 7.71. The van der Waals surface area contributed by atoms with Gasteiger partial charge in [0.25, 0.3) is 6.43 Å². The summed E-state index contributed by atoms with van der Waals surface area (Å²) in [5.74, 6) is 1.78. The van der Waals surface area contributed by atoms with Crippen molar-refractivity contribution in [1.82, 2.24) is 14.9 Å². The fourth-order valence-electron chi connectivity index (χ4n) is 2.17. The van der Waals surface area contributed by atoms with Crippen LogP contribution in [0.15, 0.2) is 45.9 Å². The first kappa shape index (κ1) is 18.8. The lowest BCUT2D eigenvalue weighted by atomic mass is 10.3. The number of ether oxygens (including phenoxy) is 2. The number of rotatable bonds is 8. The van der Waals surface area contributed by atoms with Crippen LogP contribution in [0.3, 0.4) is 0 Å². The number of halogens is 2. The maximum absolute atomic E-state index is 12.8. The molecule has 0 bridgehead atoms. The van der Waals surface area contributed by atoms with Crippen LogP contribution in [-0.4, -0.2) is 27.7 Å². The molecule has 0 spiro atoms.